The molecule has 0 spiro atoms. The first-order valence-corrected chi connectivity index (χ1v) is 9.43. The van der Waals surface area contributed by atoms with Crippen LogP contribution in [0.1, 0.15) is 16.1 Å². The summed E-state index contributed by atoms with van der Waals surface area (Å²) in [6, 6.07) is 15.0. The van der Waals surface area contributed by atoms with E-state index < -0.39 is 5.97 Å². The van der Waals surface area contributed by atoms with Gasteiger partial charge in [-0.1, -0.05) is 41.4 Å². The van der Waals surface area contributed by atoms with Crippen LogP contribution in [0.2, 0.25) is 10.0 Å². The number of esters is 1. The normalized spacial score (nSPS) is 11.2. The predicted octanol–water partition coefficient (Wildman–Crippen LogP) is 4.69. The number of aliphatic hydroxyl groups is 1. The minimum absolute atomic E-state index is 0.0619. The number of hydrogen-bond acceptors (Lipinski definition) is 4. The maximum absolute atomic E-state index is 12.1. The summed E-state index contributed by atoms with van der Waals surface area (Å²) in [7, 11) is 0. The lowest BCUT2D eigenvalue weighted by Crippen LogP contribution is -2.10. The number of pyridine rings is 1. The number of benzene rings is 2. The van der Waals surface area contributed by atoms with Crippen molar-refractivity contribution in [2.24, 2.45) is 0 Å². The maximum atomic E-state index is 12.1. The molecular weight excluding hydrogens is 399 g/mol. The van der Waals surface area contributed by atoms with E-state index in [1.54, 1.807) is 24.4 Å². The van der Waals surface area contributed by atoms with Crippen molar-refractivity contribution >= 4 is 51.0 Å². The average molecular weight is 415 g/mol. The first kappa shape index (κ1) is 18.7. The zero-order chi connectivity index (χ0) is 19.7. The lowest BCUT2D eigenvalue weighted by Gasteiger charge is -2.10. The highest BCUT2D eigenvalue weighted by atomic mass is 35.5. The van der Waals surface area contributed by atoms with Crippen LogP contribution < -0.4 is 0 Å². The van der Waals surface area contributed by atoms with Crippen LogP contribution in [0.3, 0.4) is 0 Å². The van der Waals surface area contributed by atoms with Crippen LogP contribution in [0.4, 0.5) is 0 Å². The number of aromatic nitrogens is 2. The van der Waals surface area contributed by atoms with Gasteiger partial charge in [0.15, 0.2) is 0 Å². The third-order valence-electron chi connectivity index (χ3n) is 4.53. The van der Waals surface area contributed by atoms with Crippen molar-refractivity contribution in [1.82, 2.24) is 9.55 Å². The van der Waals surface area contributed by atoms with Crippen molar-refractivity contribution in [2.45, 2.75) is 6.54 Å². The molecule has 2 heterocycles. The van der Waals surface area contributed by atoms with Gasteiger partial charge in [-0.2, -0.15) is 0 Å². The zero-order valence-electron chi connectivity index (χ0n) is 14.7. The van der Waals surface area contributed by atoms with Crippen LogP contribution in [0.5, 0.6) is 0 Å². The number of ether oxygens (including phenoxy) is 1. The lowest BCUT2D eigenvalue weighted by molar-refractivity contribution is 0.0427. The van der Waals surface area contributed by atoms with Gasteiger partial charge in [0.2, 0.25) is 0 Å². The van der Waals surface area contributed by atoms with E-state index in [-0.39, 0.29) is 18.9 Å². The highest BCUT2D eigenvalue weighted by Gasteiger charge is 2.16. The zero-order valence-corrected chi connectivity index (χ0v) is 16.2. The number of hydrogen-bond donors (Lipinski definition) is 1. The van der Waals surface area contributed by atoms with E-state index in [9.17, 15) is 4.79 Å². The van der Waals surface area contributed by atoms with E-state index in [0.29, 0.717) is 16.6 Å². The standard InChI is InChI=1S/C21H16Cl2N2O3/c22-14-5-6-17(23)13(9-14)12-25-19-4-2-1-3-15(19)16-10-18(24-11-20(16)25)21(27)28-8-7-26/h1-6,9-11,26H,7-8,12H2. The largest absolute Gasteiger partial charge is 0.459 e. The number of rotatable bonds is 5. The molecule has 1 N–H and O–H groups in total. The molecule has 2 aromatic carbocycles. The molecule has 0 amide bonds. The van der Waals surface area contributed by atoms with Gasteiger partial charge in [0.1, 0.15) is 12.3 Å². The molecule has 4 rings (SSSR count). The molecule has 0 fully saturated rings. The SMILES string of the molecule is O=C(OCCO)c1cc2c3ccccc3n(Cc3cc(Cl)ccc3Cl)c2cn1. The monoisotopic (exact) mass is 414 g/mol. The second-order valence-corrected chi connectivity index (χ2v) is 7.13. The topological polar surface area (TPSA) is 64.3 Å². The minimum atomic E-state index is -0.564. The van der Waals surface area contributed by atoms with Crippen molar-refractivity contribution < 1.29 is 14.6 Å². The highest BCUT2D eigenvalue weighted by Crippen LogP contribution is 2.31. The molecule has 0 aliphatic rings. The van der Waals surface area contributed by atoms with Crippen molar-refractivity contribution in [1.29, 1.82) is 0 Å². The summed E-state index contributed by atoms with van der Waals surface area (Å²) < 4.78 is 7.07. The Morgan fingerprint density at radius 2 is 1.89 bits per heavy atom. The summed E-state index contributed by atoms with van der Waals surface area (Å²) in [6.45, 7) is 0.223. The molecule has 0 atom stereocenters. The maximum Gasteiger partial charge on any atom is 0.357 e. The minimum Gasteiger partial charge on any atom is -0.459 e. The van der Waals surface area contributed by atoms with Gasteiger partial charge < -0.3 is 14.4 Å². The number of aliphatic hydroxyl groups excluding tert-OH is 1. The Labute approximate surface area is 171 Å². The molecule has 142 valence electrons. The first-order valence-electron chi connectivity index (χ1n) is 8.67. The van der Waals surface area contributed by atoms with Crippen molar-refractivity contribution in [3.8, 4) is 0 Å². The van der Waals surface area contributed by atoms with Crippen molar-refractivity contribution in [2.75, 3.05) is 13.2 Å². The average Bonchev–Trinajstić information content (AvgIpc) is 3.02. The summed E-state index contributed by atoms with van der Waals surface area (Å²) in [6.07, 6.45) is 1.66. The molecule has 0 aliphatic heterocycles. The molecule has 4 aromatic rings. The Morgan fingerprint density at radius 3 is 2.71 bits per heavy atom. The predicted molar refractivity (Wildman–Crippen MR) is 110 cm³/mol. The summed E-state index contributed by atoms with van der Waals surface area (Å²) in [5.41, 5.74) is 2.96. The van der Waals surface area contributed by atoms with E-state index in [0.717, 1.165) is 27.4 Å². The van der Waals surface area contributed by atoms with Crippen molar-refractivity contribution in [3.63, 3.8) is 0 Å². The van der Waals surface area contributed by atoms with Crippen LogP contribution in [-0.2, 0) is 11.3 Å². The summed E-state index contributed by atoms with van der Waals surface area (Å²) >= 11 is 12.5. The van der Waals surface area contributed by atoms with Crippen LogP contribution >= 0.6 is 23.2 Å². The molecule has 0 aliphatic carbocycles. The number of carbonyl (C=O) groups is 1. The quantitative estimate of drug-likeness (QED) is 0.481. The third-order valence-corrected chi connectivity index (χ3v) is 5.13. The first-order chi connectivity index (χ1) is 13.6. The number of nitrogens with zero attached hydrogens (tertiary/aromatic N) is 2. The molecule has 5 nitrogen and oxygen atoms in total. The molecule has 0 saturated heterocycles. The van der Waals surface area contributed by atoms with Gasteiger partial charge >= 0.3 is 5.97 Å². The summed E-state index contributed by atoms with van der Waals surface area (Å²) in [5, 5.41) is 12.0. The Balaban J connectivity index is 1.86. The fourth-order valence-electron chi connectivity index (χ4n) is 3.27. The van der Waals surface area contributed by atoms with Gasteiger partial charge in [-0.15, -0.1) is 0 Å². The number of carbonyl (C=O) groups excluding carboxylic acids is 1. The highest BCUT2D eigenvalue weighted by molar-refractivity contribution is 6.33. The van der Waals surface area contributed by atoms with Crippen LogP contribution in [0, 0.1) is 0 Å². The molecule has 0 unspecified atom stereocenters. The van der Waals surface area contributed by atoms with E-state index >= 15 is 0 Å². The van der Waals surface area contributed by atoms with Gasteiger partial charge in [-0.25, -0.2) is 9.78 Å². The van der Waals surface area contributed by atoms with Gasteiger partial charge in [-0.3, -0.25) is 0 Å². The Hall–Kier alpha value is -2.60. The summed E-state index contributed by atoms with van der Waals surface area (Å²) in [5.74, 6) is -0.564. The summed E-state index contributed by atoms with van der Waals surface area (Å²) in [4.78, 5) is 16.4. The van der Waals surface area contributed by atoms with Gasteiger partial charge in [0.25, 0.3) is 0 Å². The van der Waals surface area contributed by atoms with E-state index in [1.165, 1.54) is 0 Å². The van der Waals surface area contributed by atoms with Gasteiger partial charge in [0, 0.05) is 32.9 Å². The van der Waals surface area contributed by atoms with Crippen LogP contribution in [-0.4, -0.2) is 33.8 Å². The lowest BCUT2D eigenvalue weighted by atomic mass is 10.1. The second kappa shape index (κ2) is 7.80. The van der Waals surface area contributed by atoms with E-state index in [2.05, 4.69) is 9.55 Å². The fourth-order valence-corrected chi connectivity index (χ4v) is 3.65. The molecule has 7 heteroatoms. The number of halogens is 2. The fraction of sp³-hybridized carbons (Fsp3) is 0.143. The van der Waals surface area contributed by atoms with E-state index in [4.69, 9.17) is 33.0 Å². The third kappa shape index (κ3) is 3.44. The molecular formula is C21H16Cl2N2O3. The number of fused-ring (bicyclic) bond motifs is 3. The smallest absolute Gasteiger partial charge is 0.357 e. The number of para-hydroxylation sites is 1. The van der Waals surface area contributed by atoms with Gasteiger partial charge in [-0.05, 0) is 35.9 Å². The van der Waals surface area contributed by atoms with Crippen LogP contribution in [0.15, 0.2) is 54.7 Å². The second-order valence-electron chi connectivity index (χ2n) is 6.29. The molecule has 28 heavy (non-hydrogen) atoms. The molecule has 0 radical (unpaired) electrons. The van der Waals surface area contributed by atoms with Crippen molar-refractivity contribution in [3.05, 3.63) is 76.0 Å². The Morgan fingerprint density at radius 1 is 1.07 bits per heavy atom. The Kier molecular flexibility index (Phi) is 5.22. The Bertz CT molecular complexity index is 1190. The molecule has 0 saturated carbocycles. The molecule has 0 bridgehead atoms. The van der Waals surface area contributed by atoms with Gasteiger partial charge in [0.05, 0.1) is 18.3 Å². The van der Waals surface area contributed by atoms with Crippen LogP contribution in [0.25, 0.3) is 21.8 Å². The molecule has 2 aromatic heterocycles. The van der Waals surface area contributed by atoms with E-state index in [1.807, 2.05) is 30.3 Å².